The predicted molar refractivity (Wildman–Crippen MR) is 95.8 cm³/mol. The van der Waals surface area contributed by atoms with Crippen LogP contribution in [0.2, 0.25) is 0 Å². The maximum Gasteiger partial charge on any atom is 0.416 e. The van der Waals surface area contributed by atoms with Crippen molar-refractivity contribution < 1.29 is 32.2 Å². The Balaban J connectivity index is 1.64. The summed E-state index contributed by atoms with van der Waals surface area (Å²) < 4.78 is 54.8. The number of halogens is 3. The molecule has 1 fully saturated rings. The fourth-order valence-corrected chi connectivity index (χ4v) is 2.75. The van der Waals surface area contributed by atoms with Crippen molar-refractivity contribution in [2.24, 2.45) is 5.41 Å². The van der Waals surface area contributed by atoms with Crippen LogP contribution in [-0.4, -0.2) is 26.2 Å². The first-order chi connectivity index (χ1) is 13.2. The highest BCUT2D eigenvalue weighted by atomic mass is 19.4. The van der Waals surface area contributed by atoms with E-state index in [1.165, 1.54) is 12.1 Å². The second-order valence-electron chi connectivity index (χ2n) is 6.82. The maximum atomic E-state index is 12.9. The quantitative estimate of drug-likeness (QED) is 0.834. The van der Waals surface area contributed by atoms with Gasteiger partial charge in [-0.15, -0.1) is 0 Å². The molecule has 1 heterocycles. The summed E-state index contributed by atoms with van der Waals surface area (Å²) >= 11 is 0. The molecule has 0 bridgehead atoms. The molecule has 0 unspecified atom stereocenters. The first-order valence-electron chi connectivity index (χ1n) is 8.57. The number of benzene rings is 2. The number of hydrogen-bond acceptors (Lipinski definition) is 4. The van der Waals surface area contributed by atoms with Crippen LogP contribution in [0, 0.1) is 5.41 Å². The van der Waals surface area contributed by atoms with Crippen molar-refractivity contribution in [2.45, 2.75) is 19.4 Å². The van der Waals surface area contributed by atoms with Gasteiger partial charge < -0.3 is 19.5 Å². The number of anilines is 1. The van der Waals surface area contributed by atoms with Gasteiger partial charge in [-0.3, -0.25) is 4.79 Å². The molecule has 0 spiro atoms. The zero-order valence-corrected chi connectivity index (χ0v) is 15.4. The molecular weight excluding hydrogens is 375 g/mol. The van der Waals surface area contributed by atoms with Gasteiger partial charge in [0.25, 0.3) is 0 Å². The Bertz CT molecular complexity index is 828. The van der Waals surface area contributed by atoms with Crippen LogP contribution in [0.25, 0.3) is 0 Å². The van der Waals surface area contributed by atoms with E-state index in [0.717, 1.165) is 12.1 Å². The van der Waals surface area contributed by atoms with E-state index in [2.05, 4.69) is 5.32 Å². The fourth-order valence-electron chi connectivity index (χ4n) is 2.75. The Morgan fingerprint density at radius 1 is 1.14 bits per heavy atom. The van der Waals surface area contributed by atoms with Crippen molar-refractivity contribution in [1.29, 1.82) is 0 Å². The van der Waals surface area contributed by atoms with Gasteiger partial charge >= 0.3 is 6.18 Å². The minimum Gasteiger partial charge on any atom is -0.497 e. The van der Waals surface area contributed by atoms with Crippen molar-refractivity contribution in [3.63, 3.8) is 0 Å². The van der Waals surface area contributed by atoms with Crippen LogP contribution >= 0.6 is 0 Å². The number of amides is 1. The summed E-state index contributed by atoms with van der Waals surface area (Å²) in [6.45, 7) is 1.69. The molecule has 2 aromatic rings. The van der Waals surface area contributed by atoms with Gasteiger partial charge in [-0.1, -0.05) is 12.1 Å². The van der Waals surface area contributed by atoms with Gasteiger partial charge in [-0.05, 0) is 43.3 Å². The van der Waals surface area contributed by atoms with Crippen LogP contribution in [0.5, 0.6) is 5.75 Å². The van der Waals surface area contributed by atoms with Crippen LogP contribution in [0.3, 0.4) is 0 Å². The molecular formula is C20H20F3NO4. The number of carbonyl (C=O) groups excluding carboxylic acids is 1. The molecule has 1 saturated heterocycles. The summed E-state index contributed by atoms with van der Waals surface area (Å²) in [6, 6.07) is 11.6. The van der Waals surface area contributed by atoms with Gasteiger partial charge in [-0.2, -0.15) is 13.2 Å². The van der Waals surface area contributed by atoms with Gasteiger partial charge in [0.1, 0.15) is 5.75 Å². The topological polar surface area (TPSA) is 56.8 Å². The summed E-state index contributed by atoms with van der Waals surface area (Å²) in [7, 11) is 1.55. The third-order valence-corrected chi connectivity index (χ3v) is 4.49. The third-order valence-electron chi connectivity index (χ3n) is 4.49. The van der Waals surface area contributed by atoms with Crippen molar-refractivity contribution in [1.82, 2.24) is 0 Å². The minimum absolute atomic E-state index is 0.00982. The average Bonchev–Trinajstić information content (AvgIpc) is 2.68. The van der Waals surface area contributed by atoms with Gasteiger partial charge in [0, 0.05) is 11.3 Å². The summed E-state index contributed by atoms with van der Waals surface area (Å²) in [6.07, 6.45) is -5.40. The first kappa shape index (κ1) is 20.2. The molecule has 1 amide bonds. The van der Waals surface area contributed by atoms with E-state index < -0.39 is 23.4 Å². The molecule has 0 atom stereocenters. The van der Waals surface area contributed by atoms with Crippen molar-refractivity contribution in [3.05, 3.63) is 59.7 Å². The lowest BCUT2D eigenvalue weighted by Crippen LogP contribution is -2.45. The number of carbonyl (C=O) groups is 1. The number of ether oxygens (including phenoxy) is 3. The summed E-state index contributed by atoms with van der Waals surface area (Å²) in [5.74, 6) is 0.359. The standard InChI is InChI=1S/C20H20F3NO4/c1-19(18(25)24-15-6-8-16(26-2)9-7-15)11-27-17(28-12-19)13-4-3-5-14(10-13)20(21,22)23/h3-10,17H,11-12H2,1-2H3,(H,24,25). The fraction of sp³-hybridized carbons (Fsp3) is 0.350. The van der Waals surface area contributed by atoms with E-state index in [4.69, 9.17) is 14.2 Å². The largest absolute Gasteiger partial charge is 0.497 e. The lowest BCUT2D eigenvalue weighted by molar-refractivity contribution is -0.226. The molecule has 3 rings (SSSR count). The zero-order valence-electron chi connectivity index (χ0n) is 15.4. The van der Waals surface area contributed by atoms with E-state index >= 15 is 0 Å². The monoisotopic (exact) mass is 395 g/mol. The van der Waals surface area contributed by atoms with Gasteiger partial charge in [0.2, 0.25) is 5.91 Å². The Kier molecular flexibility index (Phi) is 5.62. The van der Waals surface area contributed by atoms with E-state index in [0.29, 0.717) is 11.4 Å². The number of hydrogen-bond donors (Lipinski definition) is 1. The normalized spacial score (nSPS) is 22.5. The smallest absolute Gasteiger partial charge is 0.416 e. The second-order valence-corrected chi connectivity index (χ2v) is 6.82. The van der Waals surface area contributed by atoms with Crippen molar-refractivity contribution in [2.75, 3.05) is 25.6 Å². The molecule has 0 aliphatic carbocycles. The molecule has 28 heavy (non-hydrogen) atoms. The summed E-state index contributed by atoms with van der Waals surface area (Å²) in [5.41, 5.74) is -0.903. The highest BCUT2D eigenvalue weighted by molar-refractivity contribution is 5.95. The van der Waals surface area contributed by atoms with Gasteiger partial charge in [0.15, 0.2) is 6.29 Å². The average molecular weight is 395 g/mol. The van der Waals surface area contributed by atoms with Gasteiger partial charge in [-0.25, -0.2) is 0 Å². The van der Waals surface area contributed by atoms with E-state index in [1.807, 2.05) is 0 Å². The third kappa shape index (κ3) is 4.45. The summed E-state index contributed by atoms with van der Waals surface area (Å²) in [4.78, 5) is 12.6. The van der Waals surface area contributed by atoms with Crippen LogP contribution in [0.15, 0.2) is 48.5 Å². The molecule has 1 aliphatic rings. The van der Waals surface area contributed by atoms with E-state index in [9.17, 15) is 18.0 Å². The number of methoxy groups -OCH3 is 1. The molecule has 1 aliphatic heterocycles. The molecule has 150 valence electrons. The molecule has 0 radical (unpaired) electrons. The lowest BCUT2D eigenvalue weighted by atomic mass is 9.90. The number of nitrogens with one attached hydrogen (secondary N) is 1. The molecule has 5 nitrogen and oxygen atoms in total. The van der Waals surface area contributed by atoms with Crippen molar-refractivity contribution >= 4 is 11.6 Å². The zero-order chi connectivity index (χ0) is 20.4. The highest BCUT2D eigenvalue weighted by Gasteiger charge is 2.40. The highest BCUT2D eigenvalue weighted by Crippen LogP contribution is 2.35. The summed E-state index contributed by atoms with van der Waals surface area (Å²) in [5, 5.41) is 2.78. The number of alkyl halides is 3. The van der Waals surface area contributed by atoms with Crippen LogP contribution < -0.4 is 10.1 Å². The predicted octanol–water partition coefficient (Wildman–Crippen LogP) is 4.40. The van der Waals surface area contributed by atoms with Crippen molar-refractivity contribution in [3.8, 4) is 5.75 Å². The Morgan fingerprint density at radius 2 is 1.79 bits per heavy atom. The van der Waals surface area contributed by atoms with E-state index in [-0.39, 0.29) is 24.7 Å². The Labute approximate surface area is 160 Å². The number of rotatable bonds is 4. The molecule has 0 saturated carbocycles. The minimum atomic E-state index is -4.45. The Morgan fingerprint density at radius 3 is 2.36 bits per heavy atom. The molecule has 1 N–H and O–H groups in total. The van der Waals surface area contributed by atoms with Gasteiger partial charge in [0.05, 0.1) is 31.3 Å². The maximum absolute atomic E-state index is 12.9. The molecule has 2 aromatic carbocycles. The first-order valence-corrected chi connectivity index (χ1v) is 8.57. The van der Waals surface area contributed by atoms with Crippen LogP contribution in [-0.2, 0) is 20.4 Å². The SMILES string of the molecule is COc1ccc(NC(=O)C2(C)COC(c3cccc(C(F)(F)F)c3)OC2)cc1. The van der Waals surface area contributed by atoms with Crippen LogP contribution in [0.1, 0.15) is 24.3 Å². The Hall–Kier alpha value is -2.58. The molecule has 8 heteroatoms. The van der Waals surface area contributed by atoms with E-state index in [1.54, 1.807) is 38.3 Å². The lowest BCUT2D eigenvalue weighted by Gasteiger charge is -2.36. The molecule has 0 aromatic heterocycles. The van der Waals surface area contributed by atoms with Crippen LogP contribution in [0.4, 0.5) is 18.9 Å². The second kappa shape index (κ2) is 7.81.